The minimum atomic E-state index is -0.248. The van der Waals surface area contributed by atoms with Crippen LogP contribution in [0.2, 0.25) is 0 Å². The first-order valence-electron chi connectivity index (χ1n) is 7.29. The van der Waals surface area contributed by atoms with Crippen molar-refractivity contribution in [2.75, 3.05) is 11.9 Å². The van der Waals surface area contributed by atoms with E-state index in [0.29, 0.717) is 5.56 Å². The van der Waals surface area contributed by atoms with Crippen molar-refractivity contribution < 1.29 is 9.59 Å². The van der Waals surface area contributed by atoms with Gasteiger partial charge in [-0.05, 0) is 66.6 Å². The van der Waals surface area contributed by atoms with Crippen molar-refractivity contribution in [1.82, 2.24) is 5.32 Å². The number of hydrogen-bond acceptors (Lipinski definition) is 2. The molecule has 0 radical (unpaired) electrons. The Kier molecular flexibility index (Phi) is 5.76. The zero-order valence-electron chi connectivity index (χ0n) is 13.4. The van der Waals surface area contributed by atoms with E-state index < -0.39 is 0 Å². The van der Waals surface area contributed by atoms with Crippen LogP contribution >= 0.6 is 22.6 Å². The van der Waals surface area contributed by atoms with Crippen LogP contribution in [0.4, 0.5) is 5.69 Å². The number of nitrogens with one attached hydrogen (secondary N) is 2. The lowest BCUT2D eigenvalue weighted by molar-refractivity contribution is -0.115. The summed E-state index contributed by atoms with van der Waals surface area (Å²) >= 11 is 2.10. The Labute approximate surface area is 149 Å². The summed E-state index contributed by atoms with van der Waals surface area (Å²) in [7, 11) is 0. The van der Waals surface area contributed by atoms with E-state index in [0.717, 1.165) is 25.9 Å². The molecule has 4 nitrogen and oxygen atoms in total. The van der Waals surface area contributed by atoms with Gasteiger partial charge in [0.05, 0.1) is 12.1 Å². The zero-order valence-corrected chi connectivity index (χ0v) is 15.5. The molecule has 0 aromatic heterocycles. The molecule has 5 heteroatoms. The molecule has 2 aromatic carbocycles. The normalized spacial score (nSPS) is 10.3. The maximum atomic E-state index is 12.1. The van der Waals surface area contributed by atoms with E-state index >= 15 is 0 Å². The van der Waals surface area contributed by atoms with Gasteiger partial charge in [-0.25, -0.2) is 0 Å². The maximum absolute atomic E-state index is 12.1. The van der Waals surface area contributed by atoms with E-state index in [2.05, 4.69) is 33.2 Å². The highest BCUT2D eigenvalue weighted by atomic mass is 127. The number of hydrogen-bond donors (Lipinski definition) is 2. The SMILES string of the molecule is Cc1cc(C)c(NC(=O)CNC(=O)c2ccccc2I)c(C)c1. The van der Waals surface area contributed by atoms with Crippen molar-refractivity contribution in [3.8, 4) is 0 Å². The number of carbonyl (C=O) groups excluding carboxylic acids is 2. The summed E-state index contributed by atoms with van der Waals surface area (Å²) in [6.07, 6.45) is 0. The van der Waals surface area contributed by atoms with Crippen LogP contribution < -0.4 is 10.6 Å². The highest BCUT2D eigenvalue weighted by Crippen LogP contribution is 2.21. The summed E-state index contributed by atoms with van der Waals surface area (Å²) in [5.74, 6) is -0.484. The molecule has 2 aromatic rings. The minimum Gasteiger partial charge on any atom is -0.343 e. The van der Waals surface area contributed by atoms with Crippen LogP contribution in [0.1, 0.15) is 27.0 Å². The molecule has 0 aliphatic rings. The fourth-order valence-corrected chi connectivity index (χ4v) is 3.09. The first-order chi connectivity index (χ1) is 10.9. The van der Waals surface area contributed by atoms with Gasteiger partial charge in [0, 0.05) is 9.26 Å². The molecule has 0 saturated carbocycles. The third-order valence-corrected chi connectivity index (χ3v) is 4.41. The monoisotopic (exact) mass is 422 g/mol. The second kappa shape index (κ2) is 7.59. The molecular formula is C18H19IN2O2. The number of rotatable bonds is 4. The van der Waals surface area contributed by atoms with Crippen LogP contribution in [0.5, 0.6) is 0 Å². The largest absolute Gasteiger partial charge is 0.343 e. The average Bonchev–Trinajstić information content (AvgIpc) is 2.49. The van der Waals surface area contributed by atoms with Gasteiger partial charge in [0.15, 0.2) is 0 Å². The van der Waals surface area contributed by atoms with Crippen molar-refractivity contribution in [2.45, 2.75) is 20.8 Å². The van der Waals surface area contributed by atoms with Crippen LogP contribution in [0, 0.1) is 24.3 Å². The lowest BCUT2D eigenvalue weighted by atomic mass is 10.1. The molecule has 0 aliphatic heterocycles. The second-order valence-corrected chi connectivity index (χ2v) is 6.65. The number of amides is 2. The summed E-state index contributed by atoms with van der Waals surface area (Å²) in [6, 6.07) is 11.3. The highest BCUT2D eigenvalue weighted by Gasteiger charge is 2.12. The Balaban J connectivity index is 1.99. The predicted octanol–water partition coefficient (Wildman–Crippen LogP) is 3.58. The predicted molar refractivity (Wildman–Crippen MR) is 101 cm³/mol. The molecule has 0 unspecified atom stereocenters. The maximum Gasteiger partial charge on any atom is 0.252 e. The van der Waals surface area contributed by atoms with Gasteiger partial charge in [0.2, 0.25) is 5.91 Å². The minimum absolute atomic E-state index is 0.0590. The van der Waals surface area contributed by atoms with E-state index in [9.17, 15) is 9.59 Å². The molecule has 23 heavy (non-hydrogen) atoms. The molecule has 0 aliphatic carbocycles. The summed E-state index contributed by atoms with van der Waals surface area (Å²) in [5.41, 5.74) is 4.57. The molecule has 120 valence electrons. The summed E-state index contributed by atoms with van der Waals surface area (Å²) in [5, 5.41) is 5.53. The Morgan fingerprint density at radius 1 is 1.04 bits per heavy atom. The van der Waals surface area contributed by atoms with Crippen molar-refractivity contribution in [3.05, 3.63) is 62.2 Å². The molecule has 0 saturated heterocycles. The average molecular weight is 422 g/mol. The smallest absolute Gasteiger partial charge is 0.252 e. The lowest BCUT2D eigenvalue weighted by Crippen LogP contribution is -2.33. The van der Waals surface area contributed by atoms with E-state index in [4.69, 9.17) is 0 Å². The van der Waals surface area contributed by atoms with Crippen LogP contribution in [0.3, 0.4) is 0 Å². The Morgan fingerprint density at radius 3 is 2.26 bits per heavy atom. The van der Waals surface area contributed by atoms with Gasteiger partial charge >= 0.3 is 0 Å². The molecule has 2 rings (SSSR count). The van der Waals surface area contributed by atoms with E-state index in [1.807, 2.05) is 45.0 Å². The van der Waals surface area contributed by atoms with Crippen LogP contribution in [-0.2, 0) is 4.79 Å². The highest BCUT2D eigenvalue weighted by molar-refractivity contribution is 14.1. The van der Waals surface area contributed by atoms with Crippen molar-refractivity contribution in [1.29, 1.82) is 0 Å². The number of benzene rings is 2. The third kappa shape index (κ3) is 4.54. The molecule has 0 bridgehead atoms. The van der Waals surface area contributed by atoms with E-state index in [1.165, 1.54) is 0 Å². The van der Waals surface area contributed by atoms with Gasteiger partial charge in [0.25, 0.3) is 5.91 Å². The van der Waals surface area contributed by atoms with Gasteiger partial charge in [-0.3, -0.25) is 9.59 Å². The first kappa shape index (κ1) is 17.5. The topological polar surface area (TPSA) is 58.2 Å². The second-order valence-electron chi connectivity index (χ2n) is 5.48. The molecule has 0 spiro atoms. The van der Waals surface area contributed by atoms with Gasteiger partial charge < -0.3 is 10.6 Å². The molecule has 2 N–H and O–H groups in total. The van der Waals surface area contributed by atoms with Gasteiger partial charge in [-0.1, -0.05) is 29.8 Å². The third-order valence-electron chi connectivity index (χ3n) is 3.47. The number of aryl methyl sites for hydroxylation is 3. The van der Waals surface area contributed by atoms with Crippen LogP contribution in [0.25, 0.3) is 0 Å². The zero-order chi connectivity index (χ0) is 17.0. The number of carbonyl (C=O) groups is 2. The van der Waals surface area contributed by atoms with Crippen molar-refractivity contribution in [2.24, 2.45) is 0 Å². The molecular weight excluding hydrogens is 403 g/mol. The summed E-state index contributed by atoms with van der Waals surface area (Å²) in [6.45, 7) is 5.88. The number of halogens is 1. The fraction of sp³-hybridized carbons (Fsp3) is 0.222. The summed E-state index contributed by atoms with van der Waals surface area (Å²) in [4.78, 5) is 24.2. The van der Waals surface area contributed by atoms with E-state index in [-0.39, 0.29) is 18.4 Å². The Hall–Kier alpha value is -1.89. The van der Waals surface area contributed by atoms with Crippen molar-refractivity contribution in [3.63, 3.8) is 0 Å². The standard InChI is InChI=1S/C18H19IN2O2/c1-11-8-12(2)17(13(3)9-11)21-16(22)10-20-18(23)14-6-4-5-7-15(14)19/h4-9H,10H2,1-3H3,(H,20,23)(H,21,22). The molecule has 2 amide bonds. The Bertz CT molecular complexity index is 733. The molecule has 0 heterocycles. The first-order valence-corrected chi connectivity index (χ1v) is 8.37. The van der Waals surface area contributed by atoms with E-state index in [1.54, 1.807) is 12.1 Å². The number of anilines is 1. The van der Waals surface area contributed by atoms with Gasteiger partial charge in [0.1, 0.15) is 0 Å². The Morgan fingerprint density at radius 2 is 1.65 bits per heavy atom. The summed E-state index contributed by atoms with van der Waals surface area (Å²) < 4.78 is 0.855. The lowest BCUT2D eigenvalue weighted by Gasteiger charge is -2.13. The quantitative estimate of drug-likeness (QED) is 0.741. The molecule has 0 atom stereocenters. The van der Waals surface area contributed by atoms with Crippen LogP contribution in [0.15, 0.2) is 36.4 Å². The fourth-order valence-electron chi connectivity index (χ4n) is 2.46. The van der Waals surface area contributed by atoms with Gasteiger partial charge in [-0.2, -0.15) is 0 Å². The van der Waals surface area contributed by atoms with Crippen molar-refractivity contribution >= 4 is 40.1 Å². The van der Waals surface area contributed by atoms with Gasteiger partial charge in [-0.15, -0.1) is 0 Å². The molecule has 0 fully saturated rings. The van der Waals surface area contributed by atoms with Crippen LogP contribution in [-0.4, -0.2) is 18.4 Å².